The van der Waals surface area contributed by atoms with Crippen LogP contribution in [0.2, 0.25) is 0 Å². The zero-order valence-electron chi connectivity index (χ0n) is 11.5. The molecule has 0 saturated carbocycles. The van der Waals surface area contributed by atoms with Crippen LogP contribution < -0.4 is 4.28 Å². The molecule has 2 aromatic carbocycles. The summed E-state index contributed by atoms with van der Waals surface area (Å²) in [5, 5.41) is 0.224. The molecule has 1 N–H and O–H groups in total. The lowest BCUT2D eigenvalue weighted by Gasteiger charge is -2.10. The summed E-state index contributed by atoms with van der Waals surface area (Å²) in [6.07, 6.45) is 2.82. The van der Waals surface area contributed by atoms with Crippen LogP contribution in [0.25, 0.3) is 10.8 Å². The summed E-state index contributed by atoms with van der Waals surface area (Å²) in [5.74, 6) is 0. The molecule has 7 nitrogen and oxygen atoms in total. The Morgan fingerprint density at radius 2 is 1.30 bits per heavy atom. The fourth-order valence-corrected chi connectivity index (χ4v) is 4.02. The second-order valence-electron chi connectivity index (χ2n) is 4.65. The molecule has 0 radical (unpaired) electrons. The van der Waals surface area contributed by atoms with Gasteiger partial charge in [0.25, 0.3) is 10.1 Å². The SMILES string of the molecule is O=S(=O)(O)c1cccc2c(S(=O)(=O)On3cccc3)cccc12. The van der Waals surface area contributed by atoms with Gasteiger partial charge in [0.15, 0.2) is 0 Å². The molecule has 0 unspecified atom stereocenters. The molecule has 3 rings (SSSR count). The van der Waals surface area contributed by atoms with Crippen molar-refractivity contribution in [3.63, 3.8) is 0 Å². The molecule has 23 heavy (non-hydrogen) atoms. The summed E-state index contributed by atoms with van der Waals surface area (Å²) in [7, 11) is -8.67. The molecule has 0 fully saturated rings. The maximum Gasteiger partial charge on any atom is 0.357 e. The van der Waals surface area contributed by atoms with E-state index in [-0.39, 0.29) is 20.6 Å². The minimum Gasteiger partial charge on any atom is -0.284 e. The van der Waals surface area contributed by atoms with Gasteiger partial charge in [-0.15, -0.1) is 0 Å². The van der Waals surface area contributed by atoms with Crippen molar-refractivity contribution in [1.82, 2.24) is 4.73 Å². The Kier molecular flexibility index (Phi) is 3.63. The summed E-state index contributed by atoms with van der Waals surface area (Å²) >= 11 is 0. The Balaban J connectivity index is 2.23. The molecule has 120 valence electrons. The molecule has 3 aromatic rings. The Labute approximate surface area is 132 Å². The van der Waals surface area contributed by atoms with Crippen molar-refractivity contribution in [1.29, 1.82) is 0 Å². The molecule has 0 atom stereocenters. The van der Waals surface area contributed by atoms with E-state index in [0.29, 0.717) is 0 Å². The van der Waals surface area contributed by atoms with Gasteiger partial charge in [0.2, 0.25) is 0 Å². The highest BCUT2D eigenvalue weighted by molar-refractivity contribution is 7.87. The van der Waals surface area contributed by atoms with Crippen molar-refractivity contribution in [2.45, 2.75) is 9.79 Å². The van der Waals surface area contributed by atoms with Gasteiger partial charge < -0.3 is 0 Å². The van der Waals surface area contributed by atoms with Crippen LogP contribution in [-0.2, 0) is 20.2 Å². The smallest absolute Gasteiger partial charge is 0.284 e. The first-order valence-corrected chi connectivity index (χ1v) is 9.21. The number of aromatic nitrogens is 1. The normalized spacial score (nSPS) is 12.4. The third-order valence-electron chi connectivity index (χ3n) is 3.15. The molecule has 0 saturated heterocycles. The van der Waals surface area contributed by atoms with E-state index in [0.717, 1.165) is 4.73 Å². The molecule has 1 aromatic heterocycles. The van der Waals surface area contributed by atoms with E-state index < -0.39 is 20.2 Å². The lowest BCUT2D eigenvalue weighted by atomic mass is 10.1. The second-order valence-corrected chi connectivity index (χ2v) is 7.54. The fraction of sp³-hybridized carbons (Fsp3) is 0. The minimum absolute atomic E-state index is 0.0900. The van der Waals surface area contributed by atoms with Crippen molar-refractivity contribution >= 4 is 31.0 Å². The van der Waals surface area contributed by atoms with E-state index in [2.05, 4.69) is 0 Å². The second kappa shape index (κ2) is 5.37. The highest BCUT2D eigenvalue weighted by Crippen LogP contribution is 2.28. The number of hydrogen-bond donors (Lipinski definition) is 1. The van der Waals surface area contributed by atoms with Crippen LogP contribution in [0.1, 0.15) is 0 Å². The van der Waals surface area contributed by atoms with E-state index in [4.69, 9.17) is 4.28 Å². The maximum absolute atomic E-state index is 12.4. The van der Waals surface area contributed by atoms with Crippen molar-refractivity contribution < 1.29 is 25.7 Å². The van der Waals surface area contributed by atoms with Gasteiger partial charge in [-0.2, -0.15) is 21.6 Å². The van der Waals surface area contributed by atoms with E-state index in [1.807, 2.05) is 0 Å². The average molecular weight is 353 g/mol. The van der Waals surface area contributed by atoms with Gasteiger partial charge >= 0.3 is 10.1 Å². The Bertz CT molecular complexity index is 1070. The minimum atomic E-state index is -4.48. The average Bonchev–Trinajstić information content (AvgIpc) is 2.97. The zero-order chi connectivity index (χ0) is 16.7. The van der Waals surface area contributed by atoms with Gasteiger partial charge in [-0.1, -0.05) is 24.3 Å². The van der Waals surface area contributed by atoms with Crippen LogP contribution in [0.3, 0.4) is 0 Å². The van der Waals surface area contributed by atoms with Crippen LogP contribution in [0, 0.1) is 0 Å². The van der Waals surface area contributed by atoms with Crippen molar-refractivity contribution in [2.75, 3.05) is 0 Å². The molecule has 0 spiro atoms. The molecular weight excluding hydrogens is 342 g/mol. The first kappa shape index (κ1) is 15.5. The van der Waals surface area contributed by atoms with Crippen molar-refractivity contribution in [3.8, 4) is 0 Å². The summed E-state index contributed by atoms with van der Waals surface area (Å²) in [6, 6.07) is 11.3. The summed E-state index contributed by atoms with van der Waals surface area (Å²) in [4.78, 5) is -0.567. The number of rotatable bonds is 4. The predicted molar refractivity (Wildman–Crippen MR) is 82.0 cm³/mol. The summed E-state index contributed by atoms with van der Waals surface area (Å²) < 4.78 is 62.9. The van der Waals surface area contributed by atoms with Crippen LogP contribution in [0.4, 0.5) is 0 Å². The predicted octanol–water partition coefficient (Wildman–Crippen LogP) is 1.71. The number of benzene rings is 2. The number of nitrogens with zero attached hydrogens (tertiary/aromatic N) is 1. The summed E-state index contributed by atoms with van der Waals surface area (Å²) in [5.41, 5.74) is 0. The van der Waals surface area contributed by atoms with Gasteiger partial charge in [-0.25, -0.2) is 0 Å². The maximum atomic E-state index is 12.4. The van der Waals surface area contributed by atoms with E-state index in [1.165, 1.54) is 48.8 Å². The number of fused-ring (bicyclic) bond motifs is 1. The lowest BCUT2D eigenvalue weighted by molar-refractivity contribution is 0.281. The van der Waals surface area contributed by atoms with E-state index in [9.17, 15) is 21.4 Å². The van der Waals surface area contributed by atoms with Crippen molar-refractivity contribution in [3.05, 3.63) is 60.9 Å². The Morgan fingerprint density at radius 1 is 0.783 bits per heavy atom. The zero-order valence-corrected chi connectivity index (χ0v) is 13.2. The lowest BCUT2D eigenvalue weighted by Crippen LogP contribution is -2.19. The quantitative estimate of drug-likeness (QED) is 0.716. The third kappa shape index (κ3) is 2.93. The molecule has 0 bridgehead atoms. The standard InChI is InChI=1S/C14H11NO6S2/c16-22(17,18)13-7-3-6-12-11(13)5-4-8-14(12)23(19,20)21-15-9-1-2-10-15/h1-10H,(H,16,17,18). The highest BCUT2D eigenvalue weighted by atomic mass is 32.2. The Morgan fingerprint density at radius 3 is 1.87 bits per heavy atom. The van der Waals surface area contributed by atoms with Crippen LogP contribution in [0.5, 0.6) is 0 Å². The van der Waals surface area contributed by atoms with Gasteiger partial charge in [0, 0.05) is 23.2 Å². The summed E-state index contributed by atoms with van der Waals surface area (Å²) in [6.45, 7) is 0. The fourth-order valence-electron chi connectivity index (χ4n) is 2.22. The van der Waals surface area contributed by atoms with Gasteiger partial charge in [-0.3, -0.25) is 8.84 Å². The first-order chi connectivity index (χ1) is 10.8. The molecule has 0 aliphatic carbocycles. The molecule has 1 heterocycles. The van der Waals surface area contributed by atoms with Crippen molar-refractivity contribution in [2.24, 2.45) is 0 Å². The van der Waals surface area contributed by atoms with E-state index in [1.54, 1.807) is 12.1 Å². The topological polar surface area (TPSA) is 103 Å². The van der Waals surface area contributed by atoms with E-state index >= 15 is 0 Å². The highest BCUT2D eigenvalue weighted by Gasteiger charge is 2.22. The number of hydrogen-bond acceptors (Lipinski definition) is 5. The first-order valence-electron chi connectivity index (χ1n) is 6.36. The van der Waals surface area contributed by atoms with Crippen LogP contribution in [-0.4, -0.2) is 26.1 Å². The van der Waals surface area contributed by atoms with Gasteiger partial charge in [-0.05, 0) is 24.3 Å². The molecule has 0 aliphatic heterocycles. The molecule has 0 amide bonds. The molecule has 9 heteroatoms. The molecular formula is C14H11NO6S2. The van der Waals surface area contributed by atoms with Crippen LogP contribution in [0.15, 0.2) is 70.7 Å². The van der Waals surface area contributed by atoms with Gasteiger partial charge in [0.05, 0.1) is 0 Å². The Hall–Kier alpha value is -2.36. The largest absolute Gasteiger partial charge is 0.357 e. The van der Waals surface area contributed by atoms with Crippen LogP contribution >= 0.6 is 0 Å². The van der Waals surface area contributed by atoms with Gasteiger partial charge in [0.1, 0.15) is 9.79 Å². The molecule has 0 aliphatic rings. The third-order valence-corrected chi connectivity index (χ3v) is 5.33. The monoisotopic (exact) mass is 353 g/mol.